The van der Waals surface area contributed by atoms with E-state index in [9.17, 15) is 9.18 Å². The van der Waals surface area contributed by atoms with E-state index in [2.05, 4.69) is 25.4 Å². The van der Waals surface area contributed by atoms with Gasteiger partial charge in [0.1, 0.15) is 5.69 Å². The third-order valence-corrected chi connectivity index (χ3v) is 4.75. The molecule has 0 saturated heterocycles. The molecule has 0 fully saturated rings. The fourth-order valence-corrected chi connectivity index (χ4v) is 3.07. The summed E-state index contributed by atoms with van der Waals surface area (Å²) in [6, 6.07) is 9.06. The van der Waals surface area contributed by atoms with Crippen LogP contribution in [0, 0.1) is 11.2 Å². The number of fused-ring (bicyclic) bond motifs is 1. The lowest BCUT2D eigenvalue weighted by atomic mass is 9.96. The summed E-state index contributed by atoms with van der Waals surface area (Å²) in [5, 5.41) is 7.07. The maximum atomic E-state index is 14.7. The van der Waals surface area contributed by atoms with Crippen LogP contribution in [0.1, 0.15) is 27.7 Å². The number of nitrogens with two attached hydrogens (primary N) is 1. The second-order valence-corrected chi connectivity index (χ2v) is 8.10. The second kappa shape index (κ2) is 7.46. The first-order chi connectivity index (χ1) is 14.7. The molecule has 31 heavy (non-hydrogen) atoms. The van der Waals surface area contributed by atoms with E-state index in [0.717, 1.165) is 0 Å². The zero-order chi connectivity index (χ0) is 22.3. The monoisotopic (exact) mass is 422 g/mol. The number of carbonyl (C=O) groups excluding carboxylic acids is 1. The number of hydrogen-bond acceptors (Lipinski definition) is 6. The molecule has 1 aromatic carbocycles. The Morgan fingerprint density at radius 2 is 1.87 bits per heavy atom. The summed E-state index contributed by atoms with van der Waals surface area (Å²) in [5.74, 6) is -0.172. The number of benzene rings is 1. The Kier molecular flexibility index (Phi) is 4.92. The number of nitrogen functional groups attached to an aromatic ring is 1. The first-order valence-corrected chi connectivity index (χ1v) is 9.85. The van der Waals surface area contributed by atoms with Crippen LogP contribution in [0.2, 0.25) is 0 Å². The third-order valence-electron chi connectivity index (χ3n) is 4.75. The summed E-state index contributed by atoms with van der Waals surface area (Å²) in [6.07, 6.45) is 1.27. The smallest absolute Gasteiger partial charge is 0.233 e. The zero-order valence-electron chi connectivity index (χ0n) is 17.7. The lowest BCUT2D eigenvalue weighted by Gasteiger charge is -2.16. The van der Waals surface area contributed by atoms with E-state index in [4.69, 9.17) is 5.73 Å². The van der Waals surface area contributed by atoms with Crippen LogP contribution >= 0.6 is 0 Å². The average Bonchev–Trinajstić information content (AvgIpc) is 3.28. The fourth-order valence-electron chi connectivity index (χ4n) is 3.07. The molecule has 10 heteroatoms. The zero-order valence-corrected chi connectivity index (χ0v) is 17.7. The van der Waals surface area contributed by atoms with Gasteiger partial charge in [0.05, 0.1) is 6.20 Å². The summed E-state index contributed by atoms with van der Waals surface area (Å²) in [4.78, 5) is 25.4. The molecular formula is C21H23FN8O. The van der Waals surface area contributed by atoms with E-state index in [0.29, 0.717) is 29.2 Å². The van der Waals surface area contributed by atoms with E-state index in [1.54, 1.807) is 37.5 Å². The maximum absolute atomic E-state index is 14.7. The Morgan fingerprint density at radius 3 is 2.52 bits per heavy atom. The van der Waals surface area contributed by atoms with Gasteiger partial charge in [-0.05, 0) is 6.92 Å². The molecule has 4 rings (SSSR count). The molecule has 0 unspecified atom stereocenters. The molecule has 0 aliphatic carbocycles. The summed E-state index contributed by atoms with van der Waals surface area (Å²) in [7, 11) is 0. The number of aryl methyl sites for hydroxylation is 1. The van der Waals surface area contributed by atoms with E-state index >= 15 is 0 Å². The number of aromatic nitrogens is 6. The lowest BCUT2D eigenvalue weighted by Crippen LogP contribution is -2.28. The molecule has 0 saturated carbocycles. The standard InChI is InChI=1S/C21H23FN8O/c1-5-29-17-15(16(23)25-19(26-17)27-18(31)21(2,3)4)24-20(29)30-11-13(22)14(28-30)12-9-7-6-8-10-12/h6-11H,5H2,1-4H3,(H3,23,25,26,27,31). The molecule has 1 amide bonds. The Morgan fingerprint density at radius 1 is 1.16 bits per heavy atom. The van der Waals surface area contributed by atoms with Gasteiger partial charge in [0.25, 0.3) is 0 Å². The number of rotatable bonds is 4. The van der Waals surface area contributed by atoms with Gasteiger partial charge in [0.2, 0.25) is 17.8 Å². The number of carbonyl (C=O) groups is 1. The van der Waals surface area contributed by atoms with Crippen molar-refractivity contribution in [3.05, 3.63) is 42.3 Å². The van der Waals surface area contributed by atoms with Crippen LogP contribution in [0.15, 0.2) is 36.5 Å². The summed E-state index contributed by atoms with van der Waals surface area (Å²) < 4.78 is 17.7. The summed E-state index contributed by atoms with van der Waals surface area (Å²) in [5.41, 5.74) is 7.12. The molecule has 3 aromatic heterocycles. The quantitative estimate of drug-likeness (QED) is 0.521. The van der Waals surface area contributed by atoms with Gasteiger partial charge in [0, 0.05) is 17.5 Å². The van der Waals surface area contributed by atoms with Crippen molar-refractivity contribution in [1.29, 1.82) is 0 Å². The highest BCUT2D eigenvalue weighted by Crippen LogP contribution is 2.26. The van der Waals surface area contributed by atoms with Crippen molar-refractivity contribution >= 4 is 28.8 Å². The van der Waals surface area contributed by atoms with E-state index in [1.165, 1.54) is 10.9 Å². The van der Waals surface area contributed by atoms with Crippen molar-refractivity contribution in [3.63, 3.8) is 0 Å². The van der Waals surface area contributed by atoms with Crippen LogP contribution in [0.25, 0.3) is 28.4 Å². The van der Waals surface area contributed by atoms with Crippen LogP contribution in [-0.2, 0) is 11.3 Å². The molecule has 0 radical (unpaired) electrons. The van der Waals surface area contributed by atoms with Crippen LogP contribution < -0.4 is 11.1 Å². The molecule has 9 nitrogen and oxygen atoms in total. The minimum Gasteiger partial charge on any atom is -0.382 e. The van der Waals surface area contributed by atoms with Crippen LogP contribution in [0.5, 0.6) is 0 Å². The Bertz CT molecular complexity index is 1270. The first kappa shape index (κ1) is 20.5. The van der Waals surface area contributed by atoms with Crippen molar-refractivity contribution < 1.29 is 9.18 Å². The number of halogens is 1. The van der Waals surface area contributed by atoms with Gasteiger partial charge < -0.3 is 5.73 Å². The second-order valence-electron chi connectivity index (χ2n) is 8.10. The summed E-state index contributed by atoms with van der Waals surface area (Å²) in [6.45, 7) is 7.73. The van der Waals surface area contributed by atoms with E-state index < -0.39 is 11.2 Å². The molecular weight excluding hydrogens is 399 g/mol. The normalized spacial score (nSPS) is 11.8. The molecule has 3 N–H and O–H groups in total. The highest BCUT2D eigenvalue weighted by atomic mass is 19.1. The SMILES string of the molecule is CCn1c(-n2cc(F)c(-c3ccccc3)n2)nc2c(N)nc(NC(=O)C(C)(C)C)nc21. The number of amides is 1. The predicted molar refractivity (Wildman–Crippen MR) is 116 cm³/mol. The van der Waals surface area contributed by atoms with Gasteiger partial charge in [-0.15, -0.1) is 0 Å². The predicted octanol–water partition coefficient (Wildman–Crippen LogP) is 3.40. The van der Waals surface area contributed by atoms with Crippen LogP contribution in [-0.4, -0.2) is 35.2 Å². The molecule has 160 valence electrons. The van der Waals surface area contributed by atoms with Gasteiger partial charge in [0.15, 0.2) is 22.8 Å². The molecule has 0 aliphatic rings. The minimum atomic E-state index is -0.621. The van der Waals surface area contributed by atoms with Gasteiger partial charge in [-0.1, -0.05) is 51.1 Å². The molecule has 4 aromatic rings. The molecule has 0 bridgehead atoms. The number of nitrogens with one attached hydrogen (secondary N) is 1. The number of anilines is 2. The Balaban J connectivity index is 1.81. The highest BCUT2D eigenvalue weighted by Gasteiger charge is 2.24. The third kappa shape index (κ3) is 3.72. The highest BCUT2D eigenvalue weighted by molar-refractivity contribution is 5.94. The molecule has 0 aliphatic heterocycles. The van der Waals surface area contributed by atoms with Gasteiger partial charge in [-0.2, -0.15) is 15.1 Å². The molecule has 3 heterocycles. The maximum Gasteiger partial charge on any atom is 0.233 e. The topological polar surface area (TPSA) is 117 Å². The van der Waals surface area contributed by atoms with Crippen LogP contribution in [0.3, 0.4) is 0 Å². The molecule has 0 atom stereocenters. The van der Waals surface area contributed by atoms with Gasteiger partial charge >= 0.3 is 0 Å². The van der Waals surface area contributed by atoms with E-state index in [1.807, 2.05) is 25.1 Å². The van der Waals surface area contributed by atoms with Gasteiger partial charge in [-0.25, -0.2) is 14.1 Å². The fraction of sp³-hybridized carbons (Fsp3) is 0.286. The van der Waals surface area contributed by atoms with E-state index in [-0.39, 0.29) is 23.4 Å². The van der Waals surface area contributed by atoms with Crippen molar-refractivity contribution in [2.45, 2.75) is 34.2 Å². The minimum absolute atomic E-state index is 0.0858. The Labute approximate surface area is 178 Å². The van der Waals surface area contributed by atoms with Crippen molar-refractivity contribution in [2.75, 3.05) is 11.1 Å². The number of imidazole rings is 1. The Hall–Kier alpha value is -3.82. The lowest BCUT2D eigenvalue weighted by molar-refractivity contribution is -0.123. The summed E-state index contributed by atoms with van der Waals surface area (Å²) >= 11 is 0. The largest absolute Gasteiger partial charge is 0.382 e. The van der Waals surface area contributed by atoms with Gasteiger partial charge in [-0.3, -0.25) is 14.7 Å². The average molecular weight is 422 g/mol. The number of nitrogens with zero attached hydrogens (tertiary/aromatic N) is 6. The van der Waals surface area contributed by atoms with Crippen LogP contribution in [0.4, 0.5) is 16.2 Å². The van der Waals surface area contributed by atoms with Crippen molar-refractivity contribution in [2.24, 2.45) is 5.41 Å². The molecule has 0 spiro atoms. The number of hydrogen-bond donors (Lipinski definition) is 2. The van der Waals surface area contributed by atoms with Crippen molar-refractivity contribution in [1.82, 2.24) is 29.3 Å². The van der Waals surface area contributed by atoms with Crippen molar-refractivity contribution in [3.8, 4) is 17.2 Å². The first-order valence-electron chi connectivity index (χ1n) is 9.85.